The summed E-state index contributed by atoms with van der Waals surface area (Å²) in [5.74, 6) is -2.52. The summed E-state index contributed by atoms with van der Waals surface area (Å²) in [5.41, 5.74) is 0.281. The molecular formula is C14H16Cl2N2O4. The van der Waals surface area contributed by atoms with Crippen molar-refractivity contribution in [3.63, 3.8) is 0 Å². The topological polar surface area (TPSA) is 86.7 Å². The van der Waals surface area contributed by atoms with E-state index in [-0.39, 0.29) is 29.6 Å². The fraction of sp³-hybridized carbons (Fsp3) is 0.357. The first-order valence-electron chi connectivity index (χ1n) is 6.42. The first-order chi connectivity index (χ1) is 10.2. The van der Waals surface area contributed by atoms with Gasteiger partial charge in [0.1, 0.15) is 0 Å². The Morgan fingerprint density at radius 2 is 1.91 bits per heavy atom. The Labute approximate surface area is 138 Å². The van der Waals surface area contributed by atoms with Crippen molar-refractivity contribution in [3.05, 3.63) is 33.8 Å². The van der Waals surface area contributed by atoms with Crippen LogP contribution in [0.3, 0.4) is 0 Å². The van der Waals surface area contributed by atoms with Gasteiger partial charge in [-0.05, 0) is 18.2 Å². The number of hydrogen-bond acceptors (Lipinski definition) is 3. The predicted molar refractivity (Wildman–Crippen MR) is 83.2 cm³/mol. The number of rotatable bonds is 6. The molecule has 0 spiro atoms. The fourth-order valence-electron chi connectivity index (χ4n) is 1.62. The second kappa shape index (κ2) is 8.00. The van der Waals surface area contributed by atoms with Gasteiger partial charge < -0.3 is 15.3 Å². The number of aliphatic carboxylic acids is 1. The Kier molecular flexibility index (Phi) is 6.64. The van der Waals surface area contributed by atoms with Crippen molar-refractivity contribution in [2.45, 2.75) is 6.92 Å². The van der Waals surface area contributed by atoms with Gasteiger partial charge in [0.2, 0.25) is 5.91 Å². The molecule has 1 rings (SSSR count). The highest BCUT2D eigenvalue weighted by atomic mass is 35.5. The molecule has 0 fully saturated rings. The molecule has 0 heterocycles. The van der Waals surface area contributed by atoms with Gasteiger partial charge in [0.15, 0.2) is 0 Å². The number of halogens is 2. The Balaban J connectivity index is 2.54. The van der Waals surface area contributed by atoms with Crippen molar-refractivity contribution in [3.8, 4) is 0 Å². The van der Waals surface area contributed by atoms with Crippen molar-refractivity contribution in [2.24, 2.45) is 5.92 Å². The lowest BCUT2D eigenvalue weighted by Gasteiger charge is -2.19. The zero-order chi connectivity index (χ0) is 16.9. The summed E-state index contributed by atoms with van der Waals surface area (Å²) in [6.07, 6.45) is 0. The van der Waals surface area contributed by atoms with E-state index in [1.54, 1.807) is 0 Å². The summed E-state index contributed by atoms with van der Waals surface area (Å²) >= 11 is 11.6. The molecule has 1 atom stereocenters. The van der Waals surface area contributed by atoms with Crippen molar-refractivity contribution in [2.75, 3.05) is 20.1 Å². The molecule has 2 amide bonds. The van der Waals surface area contributed by atoms with Crippen molar-refractivity contribution < 1.29 is 19.5 Å². The van der Waals surface area contributed by atoms with Crippen molar-refractivity contribution in [1.82, 2.24) is 10.2 Å². The minimum Gasteiger partial charge on any atom is -0.481 e. The monoisotopic (exact) mass is 346 g/mol. The molecule has 1 aromatic rings. The van der Waals surface area contributed by atoms with Crippen LogP contribution in [0.5, 0.6) is 0 Å². The van der Waals surface area contributed by atoms with Crippen LogP contribution in [-0.2, 0) is 9.59 Å². The summed E-state index contributed by atoms with van der Waals surface area (Å²) in [4.78, 5) is 35.7. The third kappa shape index (κ3) is 5.20. The molecule has 0 aliphatic rings. The fourth-order valence-corrected chi connectivity index (χ4v) is 1.92. The molecule has 6 nitrogen and oxygen atoms in total. The Morgan fingerprint density at radius 3 is 2.45 bits per heavy atom. The maximum absolute atomic E-state index is 11.9. The number of nitrogens with one attached hydrogen (secondary N) is 1. The second-order valence-electron chi connectivity index (χ2n) is 4.83. The number of hydrogen-bond donors (Lipinski definition) is 2. The van der Waals surface area contributed by atoms with Crippen LogP contribution in [0.25, 0.3) is 0 Å². The highest BCUT2D eigenvalue weighted by Gasteiger charge is 2.18. The summed E-state index contributed by atoms with van der Waals surface area (Å²) < 4.78 is 0. The van der Waals surface area contributed by atoms with Crippen LogP contribution in [0.2, 0.25) is 10.0 Å². The summed E-state index contributed by atoms with van der Waals surface area (Å²) in [7, 11) is 1.48. The molecule has 0 aliphatic heterocycles. The smallest absolute Gasteiger partial charge is 0.308 e. The van der Waals surface area contributed by atoms with Crippen LogP contribution >= 0.6 is 23.2 Å². The largest absolute Gasteiger partial charge is 0.481 e. The van der Waals surface area contributed by atoms with Crippen LogP contribution in [0, 0.1) is 5.92 Å². The standard InChI is InChI=1S/C14H16Cl2N2O4/c1-8(14(21)22)7-18(2)12(19)6-17-13(20)9-3-4-10(15)11(16)5-9/h3-5,8H,6-7H2,1-2H3,(H,17,20)(H,21,22). The Hall–Kier alpha value is -1.79. The van der Waals surface area contributed by atoms with Crippen LogP contribution < -0.4 is 5.32 Å². The van der Waals surface area contributed by atoms with E-state index in [2.05, 4.69) is 5.32 Å². The van der Waals surface area contributed by atoms with Crippen LogP contribution in [0.1, 0.15) is 17.3 Å². The number of carbonyl (C=O) groups excluding carboxylic acids is 2. The SMILES string of the molecule is CC(CN(C)C(=O)CNC(=O)c1ccc(Cl)c(Cl)c1)C(=O)O. The van der Waals surface area contributed by atoms with Crippen LogP contribution in [-0.4, -0.2) is 47.9 Å². The predicted octanol–water partition coefficient (Wildman–Crippen LogP) is 1.90. The number of benzene rings is 1. The van der Waals surface area contributed by atoms with E-state index in [0.29, 0.717) is 5.02 Å². The van der Waals surface area contributed by atoms with Gasteiger partial charge in [0.05, 0.1) is 22.5 Å². The van der Waals surface area contributed by atoms with Crippen molar-refractivity contribution in [1.29, 1.82) is 0 Å². The first-order valence-corrected chi connectivity index (χ1v) is 7.18. The Bertz CT molecular complexity index is 592. The number of carboxylic acid groups (broad SMARTS) is 1. The average Bonchev–Trinajstić information content (AvgIpc) is 2.46. The summed E-state index contributed by atoms with van der Waals surface area (Å²) in [5, 5.41) is 11.8. The molecule has 0 radical (unpaired) electrons. The highest BCUT2D eigenvalue weighted by molar-refractivity contribution is 6.42. The lowest BCUT2D eigenvalue weighted by atomic mass is 10.2. The maximum Gasteiger partial charge on any atom is 0.308 e. The minimum atomic E-state index is -0.987. The van der Waals surface area contributed by atoms with Gasteiger partial charge in [-0.2, -0.15) is 0 Å². The molecule has 1 unspecified atom stereocenters. The molecule has 0 saturated carbocycles. The number of likely N-dealkylation sites (N-methyl/N-ethyl adjacent to an activating group) is 1. The van der Waals surface area contributed by atoms with Gasteiger partial charge in [-0.15, -0.1) is 0 Å². The number of carbonyl (C=O) groups is 3. The van der Waals surface area contributed by atoms with Gasteiger partial charge in [0, 0.05) is 19.2 Å². The van der Waals surface area contributed by atoms with E-state index in [9.17, 15) is 14.4 Å². The first kappa shape index (κ1) is 18.3. The number of carboxylic acids is 1. The van der Waals surface area contributed by atoms with Crippen LogP contribution in [0.4, 0.5) is 0 Å². The number of nitrogens with zero attached hydrogens (tertiary/aromatic N) is 1. The molecule has 22 heavy (non-hydrogen) atoms. The van der Waals surface area contributed by atoms with Gasteiger partial charge in [-0.25, -0.2) is 0 Å². The van der Waals surface area contributed by atoms with Crippen LogP contribution in [0.15, 0.2) is 18.2 Å². The van der Waals surface area contributed by atoms with Gasteiger partial charge in [0.25, 0.3) is 5.91 Å². The molecule has 0 saturated heterocycles. The quantitative estimate of drug-likeness (QED) is 0.823. The lowest BCUT2D eigenvalue weighted by Crippen LogP contribution is -2.40. The van der Waals surface area contributed by atoms with E-state index < -0.39 is 17.8 Å². The lowest BCUT2D eigenvalue weighted by molar-refractivity contribution is -0.142. The molecule has 0 aromatic heterocycles. The van der Waals surface area contributed by atoms with E-state index >= 15 is 0 Å². The molecule has 1 aromatic carbocycles. The third-order valence-electron chi connectivity index (χ3n) is 2.98. The molecular weight excluding hydrogens is 331 g/mol. The second-order valence-corrected chi connectivity index (χ2v) is 5.64. The normalized spacial score (nSPS) is 11.6. The average molecular weight is 347 g/mol. The number of amides is 2. The molecule has 120 valence electrons. The molecule has 0 aliphatic carbocycles. The van der Waals surface area contributed by atoms with Crippen molar-refractivity contribution >= 4 is 41.0 Å². The molecule has 2 N–H and O–H groups in total. The zero-order valence-electron chi connectivity index (χ0n) is 12.1. The van der Waals surface area contributed by atoms with E-state index in [1.165, 1.54) is 37.1 Å². The molecule has 8 heteroatoms. The van der Waals surface area contributed by atoms with E-state index in [0.717, 1.165) is 0 Å². The zero-order valence-corrected chi connectivity index (χ0v) is 13.6. The third-order valence-corrected chi connectivity index (χ3v) is 3.72. The Morgan fingerprint density at radius 1 is 1.27 bits per heavy atom. The summed E-state index contributed by atoms with van der Waals surface area (Å²) in [6.45, 7) is 1.33. The van der Waals surface area contributed by atoms with Gasteiger partial charge in [-0.1, -0.05) is 30.1 Å². The minimum absolute atomic E-state index is 0.0663. The van der Waals surface area contributed by atoms with Gasteiger partial charge >= 0.3 is 5.97 Å². The van der Waals surface area contributed by atoms with E-state index in [4.69, 9.17) is 28.3 Å². The van der Waals surface area contributed by atoms with E-state index in [1.807, 2.05) is 0 Å². The highest BCUT2D eigenvalue weighted by Crippen LogP contribution is 2.22. The van der Waals surface area contributed by atoms with Gasteiger partial charge in [-0.3, -0.25) is 14.4 Å². The molecule has 0 bridgehead atoms. The summed E-state index contributed by atoms with van der Waals surface area (Å²) in [6, 6.07) is 4.38. The maximum atomic E-state index is 11.9.